The standard InChI is InChI=1S/C29H35N3O2/c1-27-12-20-13-28(2,17-27)19-29(14-20,18-27)15-25(33)31-24-8-5-7-23-22(24)9-11-32(26(23)34)16-21-6-3-4-10-30-21/h3-8,10,20H,9,11-19H2,1-2H3,(H,31,33). The molecule has 0 spiro atoms. The van der Waals surface area contributed by atoms with Crippen LogP contribution in [0.2, 0.25) is 0 Å². The Morgan fingerprint density at radius 2 is 1.85 bits per heavy atom. The summed E-state index contributed by atoms with van der Waals surface area (Å²) in [5.74, 6) is 0.919. The first-order chi connectivity index (χ1) is 16.2. The maximum Gasteiger partial charge on any atom is 0.254 e. The van der Waals surface area contributed by atoms with E-state index >= 15 is 0 Å². The van der Waals surface area contributed by atoms with Gasteiger partial charge < -0.3 is 10.2 Å². The van der Waals surface area contributed by atoms with Gasteiger partial charge in [0.1, 0.15) is 0 Å². The van der Waals surface area contributed by atoms with Crippen molar-refractivity contribution in [2.75, 3.05) is 11.9 Å². The number of carbonyl (C=O) groups is 2. The van der Waals surface area contributed by atoms with Crippen LogP contribution < -0.4 is 5.32 Å². The van der Waals surface area contributed by atoms with Crippen molar-refractivity contribution in [2.24, 2.45) is 22.2 Å². The average molecular weight is 458 g/mol. The zero-order chi connectivity index (χ0) is 23.6. The molecule has 34 heavy (non-hydrogen) atoms. The van der Waals surface area contributed by atoms with Crippen LogP contribution >= 0.6 is 0 Å². The average Bonchev–Trinajstić information content (AvgIpc) is 2.74. The number of nitrogens with zero attached hydrogens (tertiary/aromatic N) is 2. The summed E-state index contributed by atoms with van der Waals surface area (Å²) < 4.78 is 0. The van der Waals surface area contributed by atoms with Crippen molar-refractivity contribution >= 4 is 17.5 Å². The summed E-state index contributed by atoms with van der Waals surface area (Å²) >= 11 is 0. The Kier molecular flexibility index (Phi) is 4.91. The molecule has 0 radical (unpaired) electrons. The van der Waals surface area contributed by atoms with E-state index in [0.29, 0.717) is 35.9 Å². The number of benzene rings is 1. The van der Waals surface area contributed by atoms with E-state index in [1.165, 1.54) is 38.5 Å². The second-order valence-electron chi connectivity index (χ2n) is 12.5. The van der Waals surface area contributed by atoms with Gasteiger partial charge in [-0.25, -0.2) is 0 Å². The molecule has 2 heterocycles. The minimum absolute atomic E-state index is 0.0185. The monoisotopic (exact) mass is 457 g/mol. The summed E-state index contributed by atoms with van der Waals surface area (Å²) in [5, 5.41) is 3.23. The van der Waals surface area contributed by atoms with Crippen molar-refractivity contribution in [1.82, 2.24) is 9.88 Å². The summed E-state index contributed by atoms with van der Waals surface area (Å²) in [6.07, 6.45) is 10.7. The van der Waals surface area contributed by atoms with E-state index in [9.17, 15) is 9.59 Å². The number of carbonyl (C=O) groups excluding carboxylic acids is 2. The fourth-order valence-electron chi connectivity index (χ4n) is 8.95. The molecule has 1 aliphatic heterocycles. The number of anilines is 1. The molecule has 1 N–H and O–H groups in total. The number of amides is 2. The summed E-state index contributed by atoms with van der Waals surface area (Å²) in [7, 11) is 0. The fraction of sp³-hybridized carbons (Fsp3) is 0.552. The van der Waals surface area contributed by atoms with Crippen LogP contribution in [0, 0.1) is 22.2 Å². The maximum absolute atomic E-state index is 13.4. The van der Waals surface area contributed by atoms with E-state index in [-0.39, 0.29) is 17.2 Å². The Hall–Kier alpha value is -2.69. The Morgan fingerprint density at radius 1 is 1.06 bits per heavy atom. The quantitative estimate of drug-likeness (QED) is 0.635. The van der Waals surface area contributed by atoms with Gasteiger partial charge in [-0.2, -0.15) is 0 Å². The number of rotatable bonds is 5. The first-order valence-electron chi connectivity index (χ1n) is 12.8. The highest BCUT2D eigenvalue weighted by Gasteiger charge is 2.60. The maximum atomic E-state index is 13.4. The van der Waals surface area contributed by atoms with Gasteiger partial charge in [-0.3, -0.25) is 14.6 Å². The van der Waals surface area contributed by atoms with E-state index in [4.69, 9.17) is 0 Å². The van der Waals surface area contributed by atoms with Gasteiger partial charge >= 0.3 is 0 Å². The van der Waals surface area contributed by atoms with E-state index < -0.39 is 0 Å². The molecule has 5 nitrogen and oxygen atoms in total. The van der Waals surface area contributed by atoms with Gasteiger partial charge in [-0.1, -0.05) is 26.0 Å². The first-order valence-corrected chi connectivity index (χ1v) is 12.8. The molecule has 2 aromatic rings. The largest absolute Gasteiger partial charge is 0.332 e. The zero-order valence-electron chi connectivity index (χ0n) is 20.4. The second-order valence-corrected chi connectivity index (χ2v) is 12.5. The van der Waals surface area contributed by atoms with Gasteiger partial charge in [0.25, 0.3) is 5.91 Å². The van der Waals surface area contributed by atoms with Crippen molar-refractivity contribution in [3.63, 3.8) is 0 Å². The molecular formula is C29H35N3O2. The lowest BCUT2D eigenvalue weighted by Gasteiger charge is -2.65. The minimum atomic E-state index is 0.0185. The molecule has 2 unspecified atom stereocenters. The van der Waals surface area contributed by atoms with E-state index in [2.05, 4.69) is 24.1 Å². The molecule has 4 fully saturated rings. The third-order valence-electron chi connectivity index (χ3n) is 8.96. The Morgan fingerprint density at radius 3 is 2.56 bits per heavy atom. The molecule has 5 heteroatoms. The number of aromatic nitrogens is 1. The number of pyridine rings is 1. The Labute approximate surface area is 202 Å². The zero-order valence-corrected chi connectivity index (χ0v) is 20.4. The number of nitrogens with one attached hydrogen (secondary N) is 1. The normalized spacial score (nSPS) is 33.6. The molecule has 178 valence electrons. The van der Waals surface area contributed by atoms with Crippen LogP contribution in [0.4, 0.5) is 5.69 Å². The highest BCUT2D eigenvalue weighted by Crippen LogP contribution is 2.70. The summed E-state index contributed by atoms with van der Waals surface area (Å²) in [6, 6.07) is 11.5. The van der Waals surface area contributed by atoms with E-state index in [1.807, 2.05) is 41.3 Å². The topological polar surface area (TPSA) is 62.3 Å². The van der Waals surface area contributed by atoms with Crippen LogP contribution in [0.3, 0.4) is 0 Å². The highest BCUT2D eigenvalue weighted by molar-refractivity contribution is 6.00. The predicted molar refractivity (Wildman–Crippen MR) is 132 cm³/mol. The van der Waals surface area contributed by atoms with Crippen molar-refractivity contribution in [3.05, 3.63) is 59.4 Å². The minimum Gasteiger partial charge on any atom is -0.332 e. The van der Waals surface area contributed by atoms with Crippen LogP contribution in [0.5, 0.6) is 0 Å². The third-order valence-corrected chi connectivity index (χ3v) is 8.96. The SMILES string of the molecule is CC12CC3CC(C)(C1)CC(CC(=O)Nc1cccc4c1CCN(Cc1ccccn1)C4=O)(C3)C2. The van der Waals surface area contributed by atoms with Gasteiger partial charge in [0.05, 0.1) is 12.2 Å². The molecule has 4 aliphatic carbocycles. The fourth-order valence-corrected chi connectivity index (χ4v) is 8.95. The molecule has 2 amide bonds. The van der Waals surface area contributed by atoms with Crippen molar-refractivity contribution in [3.8, 4) is 0 Å². The van der Waals surface area contributed by atoms with E-state index in [0.717, 1.165) is 29.3 Å². The van der Waals surface area contributed by atoms with Crippen LogP contribution in [0.25, 0.3) is 0 Å². The van der Waals surface area contributed by atoms with Gasteiger partial charge in [0, 0.05) is 30.4 Å². The van der Waals surface area contributed by atoms with Gasteiger partial charge in [-0.15, -0.1) is 0 Å². The molecule has 2 atom stereocenters. The van der Waals surface area contributed by atoms with Crippen LogP contribution in [0.15, 0.2) is 42.6 Å². The van der Waals surface area contributed by atoms with Crippen LogP contribution in [0.1, 0.15) is 80.4 Å². The molecule has 4 saturated carbocycles. The highest BCUT2D eigenvalue weighted by atomic mass is 16.2. The molecule has 7 rings (SSSR count). The van der Waals surface area contributed by atoms with E-state index in [1.54, 1.807) is 6.20 Å². The molecular weight excluding hydrogens is 422 g/mol. The van der Waals surface area contributed by atoms with Crippen molar-refractivity contribution in [2.45, 2.75) is 71.8 Å². The molecule has 4 bridgehead atoms. The number of hydrogen-bond donors (Lipinski definition) is 1. The van der Waals surface area contributed by atoms with Gasteiger partial charge in [0.2, 0.25) is 5.91 Å². The Bertz CT molecular complexity index is 1130. The second kappa shape index (κ2) is 7.66. The lowest BCUT2D eigenvalue weighted by Crippen LogP contribution is -2.55. The first kappa shape index (κ1) is 21.8. The van der Waals surface area contributed by atoms with Crippen molar-refractivity contribution in [1.29, 1.82) is 0 Å². The summed E-state index contributed by atoms with van der Waals surface area (Å²) in [6.45, 7) is 6.06. The number of hydrogen-bond acceptors (Lipinski definition) is 3. The van der Waals surface area contributed by atoms with Gasteiger partial charge in [0.15, 0.2) is 0 Å². The van der Waals surface area contributed by atoms with Crippen LogP contribution in [-0.2, 0) is 17.8 Å². The summed E-state index contributed by atoms with van der Waals surface area (Å²) in [5.41, 5.74) is 4.35. The lowest BCUT2D eigenvalue weighted by molar-refractivity contribution is -0.153. The Balaban J connectivity index is 1.18. The summed E-state index contributed by atoms with van der Waals surface area (Å²) in [4.78, 5) is 32.8. The molecule has 1 aromatic carbocycles. The molecule has 0 saturated heterocycles. The van der Waals surface area contributed by atoms with Crippen molar-refractivity contribution < 1.29 is 9.59 Å². The number of fused-ring (bicyclic) bond motifs is 1. The molecule has 1 aromatic heterocycles. The predicted octanol–water partition coefficient (Wildman–Crippen LogP) is 5.61. The van der Waals surface area contributed by atoms with Crippen LogP contribution in [-0.4, -0.2) is 28.2 Å². The van der Waals surface area contributed by atoms with Gasteiger partial charge in [-0.05, 0) is 96.9 Å². The smallest absolute Gasteiger partial charge is 0.254 e. The lowest BCUT2D eigenvalue weighted by atomic mass is 9.40. The molecule has 5 aliphatic rings. The third kappa shape index (κ3) is 3.83.